The fourth-order valence-electron chi connectivity index (χ4n) is 4.70. The molecule has 2 aliphatic heterocycles. The highest BCUT2D eigenvalue weighted by Crippen LogP contribution is 2.31. The Hall–Kier alpha value is -4.69. The minimum absolute atomic E-state index is 0.0619. The van der Waals surface area contributed by atoms with Gasteiger partial charge in [-0.3, -0.25) is 14.9 Å². The van der Waals surface area contributed by atoms with Gasteiger partial charge in [0.2, 0.25) is 5.91 Å². The molecule has 198 valence electrons. The fraction of sp³-hybridized carbons (Fsp3) is 0.321. The van der Waals surface area contributed by atoms with Gasteiger partial charge >= 0.3 is 0 Å². The maximum Gasteiger partial charge on any atom is 0.226 e. The lowest BCUT2D eigenvalue weighted by Crippen LogP contribution is -2.44. The second kappa shape index (κ2) is 10.2. The van der Waals surface area contributed by atoms with E-state index in [9.17, 15) is 4.79 Å². The van der Waals surface area contributed by atoms with Crippen molar-refractivity contribution in [3.05, 3.63) is 48.2 Å². The van der Waals surface area contributed by atoms with Crippen LogP contribution in [-0.2, 0) is 4.79 Å². The van der Waals surface area contributed by atoms with Crippen LogP contribution in [0.5, 0.6) is 0 Å². The largest absolute Gasteiger partial charge is 0.366 e. The molecule has 0 saturated carbocycles. The Morgan fingerprint density at radius 1 is 1.15 bits per heavy atom. The number of hydrogen-bond acceptors (Lipinski definition) is 8. The van der Waals surface area contributed by atoms with Crippen molar-refractivity contribution in [2.45, 2.75) is 20.3 Å². The number of pyridine rings is 2. The van der Waals surface area contributed by atoms with Crippen LogP contribution in [0.15, 0.2) is 42.6 Å². The van der Waals surface area contributed by atoms with Crippen molar-refractivity contribution in [2.75, 3.05) is 38.1 Å². The van der Waals surface area contributed by atoms with Crippen LogP contribution in [0.4, 0.5) is 5.69 Å². The number of aromatic amines is 2. The average Bonchev–Trinajstić information content (AvgIpc) is 3.54. The van der Waals surface area contributed by atoms with Gasteiger partial charge in [0.1, 0.15) is 11.2 Å². The van der Waals surface area contributed by atoms with E-state index in [2.05, 4.69) is 64.6 Å². The first-order chi connectivity index (χ1) is 19.0. The first kappa shape index (κ1) is 24.6. The molecule has 1 saturated heterocycles. The average molecular weight is 523 g/mol. The van der Waals surface area contributed by atoms with E-state index >= 15 is 0 Å². The zero-order valence-electron chi connectivity index (χ0n) is 22.2. The van der Waals surface area contributed by atoms with Crippen LogP contribution in [0.3, 0.4) is 0 Å². The molecule has 0 unspecified atom stereocenters. The Labute approximate surface area is 225 Å². The Kier molecular flexibility index (Phi) is 6.46. The number of H-pyrrole nitrogens is 2. The summed E-state index contributed by atoms with van der Waals surface area (Å²) >= 11 is 0. The monoisotopic (exact) mass is 522 g/mol. The first-order valence-corrected chi connectivity index (χ1v) is 13.0. The summed E-state index contributed by atoms with van der Waals surface area (Å²) in [6, 6.07) is 4.94. The standard InChI is InChI=1S/C28H30N10O/c1-17(2)28(39)32-20-11-18(5-4-6-29-14-20)19-12-21-24(35-36-26(21)31-13-19)27-33-22-15-30-16-23(25(22)34-27)38-9-7-37(3)8-10-38/h11-17,29H,5,7-10H2,1-3H3,(H,32,39)(H,33,34)(H,31,35,36). The normalized spacial score (nSPS) is 16.3. The van der Waals surface area contributed by atoms with E-state index in [0.717, 1.165) is 65.1 Å². The summed E-state index contributed by atoms with van der Waals surface area (Å²) in [5.74, 6) is 3.58. The van der Waals surface area contributed by atoms with Crippen LogP contribution < -0.4 is 15.5 Å². The zero-order chi connectivity index (χ0) is 26.9. The van der Waals surface area contributed by atoms with Crippen LogP contribution in [0.1, 0.15) is 25.8 Å². The number of fused-ring (bicyclic) bond motifs is 2. The van der Waals surface area contributed by atoms with Gasteiger partial charge in [0.25, 0.3) is 0 Å². The Bertz CT molecular complexity index is 1670. The van der Waals surface area contributed by atoms with Crippen molar-refractivity contribution >= 4 is 39.2 Å². The number of hydrogen-bond donors (Lipinski definition) is 4. The van der Waals surface area contributed by atoms with Gasteiger partial charge in [0, 0.05) is 57.0 Å². The van der Waals surface area contributed by atoms with Gasteiger partial charge in [0.15, 0.2) is 11.5 Å². The number of likely N-dealkylation sites (N-methyl/N-ethyl adjacent to an activating group) is 1. The van der Waals surface area contributed by atoms with E-state index in [1.807, 2.05) is 32.2 Å². The number of carbonyl (C=O) groups excluding carboxylic acids is 1. The van der Waals surface area contributed by atoms with Crippen LogP contribution in [0, 0.1) is 17.9 Å². The molecule has 0 aromatic carbocycles. The number of nitrogens with zero attached hydrogens (tertiary/aromatic N) is 6. The smallest absolute Gasteiger partial charge is 0.226 e. The summed E-state index contributed by atoms with van der Waals surface area (Å²) in [5.41, 5.74) is 6.60. The molecule has 4 aromatic rings. The molecule has 1 amide bonds. The van der Waals surface area contributed by atoms with E-state index < -0.39 is 0 Å². The molecule has 0 spiro atoms. The molecular weight excluding hydrogens is 492 g/mol. The number of amides is 1. The minimum atomic E-state index is -0.137. The molecule has 11 heteroatoms. The predicted molar refractivity (Wildman–Crippen MR) is 151 cm³/mol. The fourth-order valence-corrected chi connectivity index (χ4v) is 4.70. The van der Waals surface area contributed by atoms with Crippen molar-refractivity contribution in [3.8, 4) is 23.5 Å². The van der Waals surface area contributed by atoms with E-state index in [0.29, 0.717) is 23.6 Å². The van der Waals surface area contributed by atoms with E-state index in [1.54, 1.807) is 18.6 Å². The van der Waals surface area contributed by atoms with Gasteiger partial charge in [-0.15, -0.1) is 0 Å². The summed E-state index contributed by atoms with van der Waals surface area (Å²) in [7, 11) is 2.14. The zero-order valence-corrected chi connectivity index (χ0v) is 22.2. The Morgan fingerprint density at radius 3 is 2.82 bits per heavy atom. The highest BCUT2D eigenvalue weighted by atomic mass is 16.1. The molecule has 0 aliphatic carbocycles. The third-order valence-electron chi connectivity index (χ3n) is 7.02. The molecular formula is C28H30N10O. The van der Waals surface area contributed by atoms with Crippen LogP contribution in [-0.4, -0.2) is 74.2 Å². The molecule has 0 atom stereocenters. The van der Waals surface area contributed by atoms with Gasteiger partial charge in [-0.1, -0.05) is 19.8 Å². The third-order valence-corrected chi connectivity index (χ3v) is 7.02. The molecule has 6 rings (SSSR count). The van der Waals surface area contributed by atoms with E-state index in [-0.39, 0.29) is 11.8 Å². The highest BCUT2D eigenvalue weighted by Gasteiger charge is 2.21. The number of piperazine rings is 1. The number of imidazole rings is 1. The van der Waals surface area contributed by atoms with Gasteiger partial charge in [-0.2, -0.15) is 5.10 Å². The van der Waals surface area contributed by atoms with E-state index in [4.69, 9.17) is 4.98 Å². The van der Waals surface area contributed by atoms with Crippen molar-refractivity contribution in [2.24, 2.45) is 5.92 Å². The van der Waals surface area contributed by atoms with Gasteiger partial charge in [-0.05, 0) is 30.3 Å². The maximum atomic E-state index is 12.3. The molecule has 39 heavy (non-hydrogen) atoms. The first-order valence-electron chi connectivity index (χ1n) is 13.0. The van der Waals surface area contributed by atoms with Gasteiger partial charge in [0.05, 0.1) is 34.7 Å². The van der Waals surface area contributed by atoms with Crippen LogP contribution in [0.25, 0.3) is 39.2 Å². The molecule has 2 aliphatic rings. The molecule has 4 aromatic heterocycles. The quantitative estimate of drug-likeness (QED) is 0.294. The number of anilines is 1. The topological polar surface area (TPSA) is 131 Å². The lowest BCUT2D eigenvalue weighted by Gasteiger charge is -2.33. The molecule has 4 N–H and O–H groups in total. The van der Waals surface area contributed by atoms with Crippen molar-refractivity contribution in [3.63, 3.8) is 0 Å². The molecule has 6 heterocycles. The predicted octanol–water partition coefficient (Wildman–Crippen LogP) is 2.60. The Morgan fingerprint density at radius 2 is 2.00 bits per heavy atom. The van der Waals surface area contributed by atoms with Crippen molar-refractivity contribution in [1.29, 1.82) is 0 Å². The summed E-state index contributed by atoms with van der Waals surface area (Å²) < 4.78 is 0. The second-order valence-electron chi connectivity index (χ2n) is 10.2. The van der Waals surface area contributed by atoms with Gasteiger partial charge < -0.3 is 25.4 Å². The minimum Gasteiger partial charge on any atom is -0.366 e. The molecule has 0 radical (unpaired) electrons. The summed E-state index contributed by atoms with van der Waals surface area (Å²) in [5, 5.41) is 14.3. The number of nitrogens with one attached hydrogen (secondary N) is 4. The SMILES string of the molecule is CC(C)C(=O)NC1=CNC#CCC(c2cnc3n[nH]c(-c4nc5c(N6CCN(C)CC6)cncc5[nH]4)c3c2)=C1. The van der Waals surface area contributed by atoms with E-state index in [1.165, 1.54) is 0 Å². The molecule has 11 nitrogen and oxygen atoms in total. The maximum absolute atomic E-state index is 12.3. The van der Waals surface area contributed by atoms with Gasteiger partial charge in [-0.25, -0.2) is 9.97 Å². The molecule has 1 fully saturated rings. The molecule has 0 bridgehead atoms. The number of carbonyl (C=O) groups is 1. The lowest BCUT2D eigenvalue weighted by molar-refractivity contribution is -0.123. The highest BCUT2D eigenvalue weighted by molar-refractivity contribution is 5.95. The van der Waals surface area contributed by atoms with Crippen molar-refractivity contribution < 1.29 is 4.79 Å². The number of allylic oxidation sites excluding steroid dienone is 2. The second-order valence-corrected chi connectivity index (χ2v) is 10.2. The Balaban J connectivity index is 1.37. The summed E-state index contributed by atoms with van der Waals surface area (Å²) in [6.07, 6.45) is 9.60. The van der Waals surface area contributed by atoms with Crippen molar-refractivity contribution in [1.82, 2.24) is 45.7 Å². The van der Waals surface area contributed by atoms with Crippen LogP contribution in [0.2, 0.25) is 0 Å². The summed E-state index contributed by atoms with van der Waals surface area (Å²) in [4.78, 5) is 34.5. The van der Waals surface area contributed by atoms with Crippen LogP contribution >= 0.6 is 0 Å². The third kappa shape index (κ3) is 4.94. The lowest BCUT2D eigenvalue weighted by atomic mass is 10.0. The number of aromatic nitrogens is 6. The number of rotatable bonds is 5. The summed E-state index contributed by atoms with van der Waals surface area (Å²) in [6.45, 7) is 7.58.